The molecule has 25 heavy (non-hydrogen) atoms. The van der Waals surface area contributed by atoms with E-state index in [1.807, 2.05) is 13.2 Å². The van der Waals surface area contributed by atoms with Crippen molar-refractivity contribution < 1.29 is 14.2 Å². The number of rotatable bonds is 10. The third-order valence-electron chi connectivity index (χ3n) is 5.79. The van der Waals surface area contributed by atoms with Crippen molar-refractivity contribution in [3.63, 3.8) is 0 Å². The van der Waals surface area contributed by atoms with E-state index in [4.69, 9.17) is 14.2 Å². The molecule has 0 saturated carbocycles. The molecule has 0 N–H and O–H groups in total. The van der Waals surface area contributed by atoms with Crippen molar-refractivity contribution in [3.8, 4) is 11.5 Å². The Morgan fingerprint density at radius 3 is 2.72 bits per heavy atom. The number of benzene rings is 1. The zero-order valence-corrected chi connectivity index (χ0v) is 17.0. The fourth-order valence-electron chi connectivity index (χ4n) is 3.38. The summed E-state index contributed by atoms with van der Waals surface area (Å²) in [5.74, 6) is 2.57. The molecule has 0 spiro atoms. The van der Waals surface area contributed by atoms with Gasteiger partial charge in [0.1, 0.15) is 11.5 Å². The first-order valence-electron chi connectivity index (χ1n) is 9.75. The van der Waals surface area contributed by atoms with Gasteiger partial charge < -0.3 is 14.2 Å². The highest BCUT2D eigenvalue weighted by Crippen LogP contribution is 2.40. The molecule has 0 aliphatic carbocycles. The van der Waals surface area contributed by atoms with Crippen LogP contribution in [0.1, 0.15) is 72.3 Å². The van der Waals surface area contributed by atoms with Crippen LogP contribution < -0.4 is 9.47 Å². The van der Waals surface area contributed by atoms with Gasteiger partial charge in [0.25, 0.3) is 0 Å². The molecule has 0 saturated heterocycles. The van der Waals surface area contributed by atoms with Crippen LogP contribution in [0.4, 0.5) is 0 Å². The van der Waals surface area contributed by atoms with E-state index in [9.17, 15) is 0 Å². The van der Waals surface area contributed by atoms with Crippen LogP contribution in [0.25, 0.3) is 0 Å². The summed E-state index contributed by atoms with van der Waals surface area (Å²) in [6, 6.07) is 6.27. The van der Waals surface area contributed by atoms with E-state index < -0.39 is 0 Å². The molecule has 0 amide bonds. The van der Waals surface area contributed by atoms with Crippen molar-refractivity contribution in [2.75, 3.05) is 20.3 Å². The summed E-state index contributed by atoms with van der Waals surface area (Å²) in [5.41, 5.74) is 1.43. The van der Waals surface area contributed by atoms with Crippen LogP contribution in [-0.2, 0) is 10.2 Å². The summed E-state index contributed by atoms with van der Waals surface area (Å²) < 4.78 is 17.4. The zero-order valence-electron chi connectivity index (χ0n) is 17.0. The minimum absolute atomic E-state index is 0.0361. The van der Waals surface area contributed by atoms with E-state index in [-0.39, 0.29) is 11.0 Å². The molecule has 0 fully saturated rings. The molecule has 3 nitrogen and oxygen atoms in total. The topological polar surface area (TPSA) is 27.7 Å². The summed E-state index contributed by atoms with van der Waals surface area (Å²) in [6.45, 7) is 12.7. The van der Waals surface area contributed by atoms with Gasteiger partial charge in [0.15, 0.2) is 0 Å². The van der Waals surface area contributed by atoms with Crippen LogP contribution in [0.15, 0.2) is 18.2 Å². The van der Waals surface area contributed by atoms with Crippen molar-refractivity contribution in [3.05, 3.63) is 23.8 Å². The Morgan fingerprint density at radius 1 is 1.28 bits per heavy atom. The molecular formula is C22H36O3. The Balaban J connectivity index is 1.71. The monoisotopic (exact) mass is 348 g/mol. The van der Waals surface area contributed by atoms with Crippen molar-refractivity contribution >= 4 is 0 Å². The zero-order chi connectivity index (χ0) is 18.5. The number of fused-ring (bicyclic) bond motifs is 1. The van der Waals surface area contributed by atoms with E-state index in [0.717, 1.165) is 44.0 Å². The average molecular weight is 349 g/mol. The summed E-state index contributed by atoms with van der Waals surface area (Å²) in [5, 5.41) is 0. The summed E-state index contributed by atoms with van der Waals surface area (Å²) in [4.78, 5) is 0. The van der Waals surface area contributed by atoms with Gasteiger partial charge in [-0.15, -0.1) is 0 Å². The molecule has 1 aliphatic rings. The normalized spacial score (nSPS) is 19.0. The number of hydrogen-bond acceptors (Lipinski definition) is 3. The van der Waals surface area contributed by atoms with Gasteiger partial charge in [0.2, 0.25) is 0 Å². The molecular weight excluding hydrogens is 312 g/mol. The second-order valence-electron chi connectivity index (χ2n) is 8.47. The lowest BCUT2D eigenvalue weighted by Gasteiger charge is -2.27. The Morgan fingerprint density at radius 2 is 2.04 bits per heavy atom. The predicted octanol–water partition coefficient (Wildman–Crippen LogP) is 5.75. The van der Waals surface area contributed by atoms with E-state index in [2.05, 4.69) is 46.8 Å². The van der Waals surface area contributed by atoms with Gasteiger partial charge in [-0.2, -0.15) is 0 Å². The Kier molecular flexibility index (Phi) is 6.79. The molecule has 0 aromatic heterocycles. The second kappa shape index (κ2) is 8.44. The van der Waals surface area contributed by atoms with Crippen LogP contribution in [-0.4, -0.2) is 25.9 Å². The second-order valence-corrected chi connectivity index (χ2v) is 8.47. The van der Waals surface area contributed by atoms with Gasteiger partial charge in [-0.25, -0.2) is 0 Å². The molecule has 3 heteroatoms. The number of hydrogen-bond donors (Lipinski definition) is 0. The largest absolute Gasteiger partial charge is 0.493 e. The molecule has 2 atom stereocenters. The molecule has 0 radical (unpaired) electrons. The summed E-state index contributed by atoms with van der Waals surface area (Å²) in [7, 11) is 1.82. The molecule has 1 heterocycles. The van der Waals surface area contributed by atoms with E-state index in [1.165, 1.54) is 18.4 Å². The molecule has 2 rings (SSSR count). The van der Waals surface area contributed by atoms with E-state index in [1.54, 1.807) is 0 Å². The maximum Gasteiger partial charge on any atom is 0.126 e. The summed E-state index contributed by atoms with van der Waals surface area (Å²) in [6.07, 6.45) is 5.71. The van der Waals surface area contributed by atoms with Gasteiger partial charge in [-0.1, -0.05) is 46.6 Å². The third kappa shape index (κ3) is 5.37. The first-order valence-corrected chi connectivity index (χ1v) is 9.75. The number of ether oxygens (including phenoxy) is 3. The standard InChI is InChI=1S/C22H36O3/c1-7-22(5,23-6)13-8-9-17(2)12-14-24-18-10-11-19-20(15-18)25-16-21(19,3)4/h10-11,15,17H,7-9,12-14,16H2,1-6H3. The fourth-order valence-corrected chi connectivity index (χ4v) is 3.38. The van der Waals surface area contributed by atoms with Crippen LogP contribution in [0, 0.1) is 5.92 Å². The molecule has 2 unspecified atom stereocenters. The lowest BCUT2D eigenvalue weighted by atomic mass is 9.87. The summed E-state index contributed by atoms with van der Waals surface area (Å²) >= 11 is 0. The molecule has 142 valence electrons. The maximum absolute atomic E-state index is 5.95. The molecule has 1 aromatic rings. The minimum Gasteiger partial charge on any atom is -0.493 e. The van der Waals surface area contributed by atoms with E-state index in [0.29, 0.717) is 5.92 Å². The molecule has 1 aliphatic heterocycles. The van der Waals surface area contributed by atoms with Crippen LogP contribution in [0.5, 0.6) is 11.5 Å². The maximum atomic E-state index is 5.95. The lowest BCUT2D eigenvalue weighted by molar-refractivity contribution is -0.00688. The first-order chi connectivity index (χ1) is 11.8. The van der Waals surface area contributed by atoms with E-state index >= 15 is 0 Å². The van der Waals surface area contributed by atoms with Gasteiger partial charge in [-0.05, 0) is 38.2 Å². The fraction of sp³-hybridized carbons (Fsp3) is 0.727. The van der Waals surface area contributed by atoms with Gasteiger partial charge in [0.05, 0.1) is 18.8 Å². The minimum atomic E-state index is 0.0361. The Labute approximate surface area is 154 Å². The Bertz CT molecular complexity index is 546. The Hall–Kier alpha value is -1.22. The number of methoxy groups -OCH3 is 1. The highest BCUT2D eigenvalue weighted by atomic mass is 16.5. The molecule has 1 aromatic carbocycles. The smallest absolute Gasteiger partial charge is 0.126 e. The molecule has 0 bridgehead atoms. The van der Waals surface area contributed by atoms with Crippen LogP contribution in [0.3, 0.4) is 0 Å². The van der Waals surface area contributed by atoms with Crippen molar-refractivity contribution in [2.24, 2.45) is 5.92 Å². The SMILES string of the molecule is CCC(C)(CCCC(C)CCOc1ccc2c(c1)OCC2(C)C)OC. The quantitative estimate of drug-likeness (QED) is 0.539. The highest BCUT2D eigenvalue weighted by molar-refractivity contribution is 5.47. The van der Waals surface area contributed by atoms with Crippen LogP contribution in [0.2, 0.25) is 0 Å². The highest BCUT2D eigenvalue weighted by Gasteiger charge is 2.31. The van der Waals surface area contributed by atoms with Gasteiger partial charge >= 0.3 is 0 Å². The average Bonchev–Trinajstić information content (AvgIpc) is 2.89. The van der Waals surface area contributed by atoms with Crippen molar-refractivity contribution in [1.29, 1.82) is 0 Å². The van der Waals surface area contributed by atoms with Crippen molar-refractivity contribution in [2.45, 2.75) is 77.7 Å². The first kappa shape index (κ1) is 20.1. The van der Waals surface area contributed by atoms with Gasteiger partial charge in [0, 0.05) is 24.2 Å². The van der Waals surface area contributed by atoms with Crippen LogP contribution >= 0.6 is 0 Å². The van der Waals surface area contributed by atoms with Crippen molar-refractivity contribution in [1.82, 2.24) is 0 Å². The van der Waals surface area contributed by atoms with Gasteiger partial charge in [-0.3, -0.25) is 0 Å². The third-order valence-corrected chi connectivity index (χ3v) is 5.79. The predicted molar refractivity (Wildman–Crippen MR) is 104 cm³/mol. The lowest BCUT2D eigenvalue weighted by Crippen LogP contribution is -2.26.